The molecule has 4 rings (SSSR count). The van der Waals surface area contributed by atoms with E-state index in [1.807, 2.05) is 67.6 Å². The number of hydrogen-bond acceptors (Lipinski definition) is 6. The molecular formula is C29H26N2O5S2. The molecule has 1 aliphatic heterocycles. The smallest absolute Gasteiger partial charge is 0.323 e. The lowest BCUT2D eigenvalue weighted by Crippen LogP contribution is -2.33. The van der Waals surface area contributed by atoms with Gasteiger partial charge in [0.25, 0.3) is 11.8 Å². The third-order valence-corrected chi connectivity index (χ3v) is 7.50. The highest BCUT2D eigenvalue weighted by atomic mass is 32.2. The Balaban J connectivity index is 1.66. The normalized spacial score (nSPS) is 15.0. The zero-order valence-electron chi connectivity index (χ0n) is 20.9. The molecule has 0 radical (unpaired) electrons. The first-order valence-corrected chi connectivity index (χ1v) is 13.1. The van der Waals surface area contributed by atoms with E-state index in [4.69, 9.17) is 22.1 Å². The standard InChI is InChI=1S/C29H26N2O5S2/c1-19(22-11-7-4-8-12-22)30(2)27(34)23-15-21(13-14-24(23)36-18-20-9-5-3-6-10-20)16-25-28(35)31(17-26(32)33)29(37)38-25/h3-16,19H,17-18H2,1-2H3,(H,32,33)/t19-/m0/s1. The number of amides is 2. The predicted molar refractivity (Wildman–Crippen MR) is 152 cm³/mol. The lowest BCUT2D eigenvalue weighted by atomic mass is 10.0. The van der Waals surface area contributed by atoms with E-state index < -0.39 is 18.4 Å². The lowest BCUT2D eigenvalue weighted by molar-refractivity contribution is -0.140. The van der Waals surface area contributed by atoms with Gasteiger partial charge < -0.3 is 14.7 Å². The third kappa shape index (κ3) is 6.30. The number of ether oxygens (including phenoxy) is 1. The Morgan fingerprint density at radius 1 is 1.08 bits per heavy atom. The Morgan fingerprint density at radius 3 is 2.39 bits per heavy atom. The van der Waals surface area contributed by atoms with Crippen molar-refractivity contribution in [2.75, 3.05) is 13.6 Å². The highest BCUT2D eigenvalue weighted by molar-refractivity contribution is 8.26. The van der Waals surface area contributed by atoms with Crippen molar-refractivity contribution in [3.63, 3.8) is 0 Å². The van der Waals surface area contributed by atoms with Crippen molar-refractivity contribution in [3.05, 3.63) is 106 Å². The fraction of sp³-hybridized carbons (Fsp3) is 0.172. The van der Waals surface area contributed by atoms with Gasteiger partial charge in [-0.25, -0.2) is 0 Å². The molecule has 0 aromatic heterocycles. The highest BCUT2D eigenvalue weighted by Crippen LogP contribution is 2.34. The Bertz CT molecular complexity index is 1390. The number of thioether (sulfide) groups is 1. The van der Waals surface area contributed by atoms with E-state index in [2.05, 4.69) is 0 Å². The van der Waals surface area contributed by atoms with Crippen molar-refractivity contribution in [2.24, 2.45) is 0 Å². The lowest BCUT2D eigenvalue weighted by Gasteiger charge is -2.26. The van der Waals surface area contributed by atoms with Gasteiger partial charge >= 0.3 is 5.97 Å². The van der Waals surface area contributed by atoms with E-state index in [1.165, 1.54) is 0 Å². The van der Waals surface area contributed by atoms with E-state index in [9.17, 15) is 14.4 Å². The van der Waals surface area contributed by atoms with E-state index in [1.54, 1.807) is 36.2 Å². The molecule has 1 saturated heterocycles. The number of carboxylic acids is 1. The van der Waals surface area contributed by atoms with Gasteiger partial charge in [-0.2, -0.15) is 0 Å². The minimum Gasteiger partial charge on any atom is -0.488 e. The maximum Gasteiger partial charge on any atom is 0.323 e. The molecule has 3 aromatic carbocycles. The summed E-state index contributed by atoms with van der Waals surface area (Å²) in [5, 5.41) is 9.09. The van der Waals surface area contributed by atoms with Crippen molar-refractivity contribution in [1.29, 1.82) is 0 Å². The number of carbonyl (C=O) groups excluding carboxylic acids is 2. The summed E-state index contributed by atoms with van der Waals surface area (Å²) in [4.78, 5) is 40.6. The van der Waals surface area contributed by atoms with Crippen LogP contribution in [0.5, 0.6) is 5.75 Å². The van der Waals surface area contributed by atoms with Crippen molar-refractivity contribution in [1.82, 2.24) is 9.80 Å². The maximum absolute atomic E-state index is 13.7. The minimum absolute atomic E-state index is 0.180. The van der Waals surface area contributed by atoms with Crippen LogP contribution >= 0.6 is 24.0 Å². The zero-order chi connectivity index (χ0) is 27.2. The summed E-state index contributed by atoms with van der Waals surface area (Å²) < 4.78 is 6.25. The van der Waals surface area contributed by atoms with E-state index in [-0.39, 0.29) is 22.9 Å². The molecule has 1 fully saturated rings. The number of rotatable bonds is 9. The van der Waals surface area contributed by atoms with Crippen LogP contribution in [0.1, 0.15) is 40.0 Å². The fourth-order valence-corrected chi connectivity index (χ4v) is 5.16. The van der Waals surface area contributed by atoms with Gasteiger partial charge in [-0.3, -0.25) is 19.3 Å². The van der Waals surface area contributed by atoms with Crippen molar-refractivity contribution in [3.8, 4) is 5.75 Å². The molecule has 1 N–H and O–H groups in total. The number of aliphatic carboxylic acids is 1. The molecule has 0 bridgehead atoms. The van der Waals surface area contributed by atoms with Gasteiger partial charge in [0.1, 0.15) is 23.2 Å². The molecule has 0 unspecified atom stereocenters. The largest absolute Gasteiger partial charge is 0.488 e. The van der Waals surface area contributed by atoms with Crippen molar-refractivity contribution < 1.29 is 24.2 Å². The van der Waals surface area contributed by atoms with Crippen LogP contribution in [-0.4, -0.2) is 50.6 Å². The highest BCUT2D eigenvalue weighted by Gasteiger charge is 2.33. The summed E-state index contributed by atoms with van der Waals surface area (Å²) in [6.07, 6.45) is 1.61. The second-order valence-corrected chi connectivity index (χ2v) is 10.4. The summed E-state index contributed by atoms with van der Waals surface area (Å²) in [6.45, 7) is 1.74. The van der Waals surface area contributed by atoms with Crippen LogP contribution in [0.4, 0.5) is 0 Å². The van der Waals surface area contributed by atoms with Crippen LogP contribution < -0.4 is 4.74 Å². The first-order chi connectivity index (χ1) is 18.2. The molecule has 0 spiro atoms. The van der Waals surface area contributed by atoms with E-state index in [0.29, 0.717) is 21.8 Å². The van der Waals surface area contributed by atoms with Gasteiger partial charge in [-0.15, -0.1) is 0 Å². The molecule has 9 heteroatoms. The molecule has 1 aliphatic rings. The Morgan fingerprint density at radius 2 is 1.74 bits per heavy atom. The maximum atomic E-state index is 13.7. The Labute approximate surface area is 230 Å². The molecule has 0 saturated carbocycles. The number of thiocarbonyl (C=S) groups is 1. The number of hydrogen-bond donors (Lipinski definition) is 1. The summed E-state index contributed by atoms with van der Waals surface area (Å²) in [6, 6.07) is 24.3. The number of carboxylic acid groups (broad SMARTS) is 1. The topological polar surface area (TPSA) is 87.2 Å². The number of nitrogens with zero attached hydrogens (tertiary/aromatic N) is 2. The van der Waals surface area contributed by atoms with Crippen LogP contribution in [0.15, 0.2) is 83.8 Å². The second-order valence-electron chi connectivity index (χ2n) is 8.69. The zero-order valence-corrected chi connectivity index (χ0v) is 22.5. The predicted octanol–water partition coefficient (Wildman–Crippen LogP) is 5.38. The molecule has 1 atom stereocenters. The monoisotopic (exact) mass is 546 g/mol. The quantitative estimate of drug-likeness (QED) is 0.285. The molecule has 7 nitrogen and oxygen atoms in total. The van der Waals surface area contributed by atoms with Gasteiger partial charge in [0.2, 0.25) is 0 Å². The van der Waals surface area contributed by atoms with Crippen LogP contribution in [0, 0.1) is 0 Å². The Kier molecular flexibility index (Phi) is 8.60. The first kappa shape index (κ1) is 27.1. The van der Waals surface area contributed by atoms with Gasteiger partial charge in [-0.1, -0.05) is 90.7 Å². The van der Waals surface area contributed by atoms with Gasteiger partial charge in [-0.05, 0) is 41.8 Å². The van der Waals surface area contributed by atoms with E-state index in [0.717, 1.165) is 27.8 Å². The SMILES string of the molecule is C[C@@H](c1ccccc1)N(C)C(=O)c1cc(C=C2SC(=S)N(CC(=O)O)C2=O)ccc1OCc1ccccc1. The van der Waals surface area contributed by atoms with Crippen molar-refractivity contribution >= 4 is 52.2 Å². The summed E-state index contributed by atoms with van der Waals surface area (Å²) in [5.74, 6) is -1.44. The summed E-state index contributed by atoms with van der Waals surface area (Å²) in [7, 11) is 1.74. The van der Waals surface area contributed by atoms with E-state index >= 15 is 0 Å². The molecule has 194 valence electrons. The summed E-state index contributed by atoms with van der Waals surface area (Å²) >= 11 is 6.22. The van der Waals surface area contributed by atoms with Crippen LogP contribution in [-0.2, 0) is 16.2 Å². The number of benzene rings is 3. The molecule has 1 heterocycles. The molecule has 3 aromatic rings. The first-order valence-electron chi connectivity index (χ1n) is 11.8. The molecular weight excluding hydrogens is 520 g/mol. The minimum atomic E-state index is -1.15. The Hall–Kier alpha value is -3.95. The molecule has 2 amide bonds. The average molecular weight is 547 g/mol. The molecule has 0 aliphatic carbocycles. The number of carbonyl (C=O) groups is 3. The summed E-state index contributed by atoms with van der Waals surface area (Å²) in [5.41, 5.74) is 2.90. The van der Waals surface area contributed by atoms with Gasteiger partial charge in [0, 0.05) is 7.05 Å². The second kappa shape index (κ2) is 12.1. The van der Waals surface area contributed by atoms with Gasteiger partial charge in [0.05, 0.1) is 16.5 Å². The van der Waals surface area contributed by atoms with Crippen LogP contribution in [0.2, 0.25) is 0 Å². The van der Waals surface area contributed by atoms with Crippen LogP contribution in [0.25, 0.3) is 6.08 Å². The third-order valence-electron chi connectivity index (χ3n) is 6.12. The van der Waals surface area contributed by atoms with Gasteiger partial charge in [0.15, 0.2) is 0 Å². The average Bonchev–Trinajstić information content (AvgIpc) is 3.18. The van der Waals surface area contributed by atoms with Crippen molar-refractivity contribution in [2.45, 2.75) is 19.6 Å². The molecule has 38 heavy (non-hydrogen) atoms. The van der Waals surface area contributed by atoms with Crippen LogP contribution in [0.3, 0.4) is 0 Å². The fourth-order valence-electron chi connectivity index (χ4n) is 3.91.